The standard InChI is InChI=1S/C15H21F3N2/c1-3-11-6-7-20(9-10(2)8-19-11)13-5-4-12(16)14(17)15(13)18/h4-5,10-11,19H,3,6-9H2,1-2H3. The molecule has 0 saturated carbocycles. The summed E-state index contributed by atoms with van der Waals surface area (Å²) >= 11 is 0. The first-order valence-electron chi connectivity index (χ1n) is 7.14. The lowest BCUT2D eigenvalue weighted by molar-refractivity contribution is 0.383. The van der Waals surface area contributed by atoms with Gasteiger partial charge in [-0.05, 0) is 37.4 Å². The van der Waals surface area contributed by atoms with Gasteiger partial charge in [-0.3, -0.25) is 0 Å². The van der Waals surface area contributed by atoms with Crippen LogP contribution in [0.25, 0.3) is 0 Å². The molecule has 1 aromatic rings. The highest BCUT2D eigenvalue weighted by atomic mass is 19.2. The lowest BCUT2D eigenvalue weighted by atomic mass is 10.0. The van der Waals surface area contributed by atoms with E-state index in [0.717, 1.165) is 25.5 Å². The molecule has 2 nitrogen and oxygen atoms in total. The predicted octanol–water partition coefficient (Wildman–Crippen LogP) is 3.32. The zero-order chi connectivity index (χ0) is 14.7. The predicted molar refractivity (Wildman–Crippen MR) is 74.4 cm³/mol. The Hall–Kier alpha value is -1.23. The first-order chi connectivity index (χ1) is 9.52. The maximum Gasteiger partial charge on any atom is 0.196 e. The minimum atomic E-state index is -1.39. The first-order valence-corrected chi connectivity index (χ1v) is 7.14. The average Bonchev–Trinajstić information content (AvgIpc) is 2.41. The second-order valence-corrected chi connectivity index (χ2v) is 5.55. The molecule has 2 rings (SSSR count). The van der Waals surface area contributed by atoms with E-state index >= 15 is 0 Å². The van der Waals surface area contributed by atoms with E-state index in [9.17, 15) is 13.2 Å². The topological polar surface area (TPSA) is 15.3 Å². The third-order valence-electron chi connectivity index (χ3n) is 3.88. The molecule has 0 radical (unpaired) electrons. The Labute approximate surface area is 118 Å². The molecule has 2 unspecified atom stereocenters. The summed E-state index contributed by atoms with van der Waals surface area (Å²) < 4.78 is 40.3. The fraction of sp³-hybridized carbons (Fsp3) is 0.600. The van der Waals surface area contributed by atoms with Crippen LogP contribution in [-0.4, -0.2) is 25.7 Å². The monoisotopic (exact) mass is 286 g/mol. The molecule has 0 amide bonds. The van der Waals surface area contributed by atoms with Crippen LogP contribution in [-0.2, 0) is 0 Å². The van der Waals surface area contributed by atoms with Crippen LogP contribution in [0.15, 0.2) is 12.1 Å². The quantitative estimate of drug-likeness (QED) is 0.839. The van der Waals surface area contributed by atoms with Gasteiger partial charge in [-0.25, -0.2) is 13.2 Å². The van der Waals surface area contributed by atoms with Crippen molar-refractivity contribution in [2.45, 2.75) is 32.7 Å². The third kappa shape index (κ3) is 3.26. The molecule has 112 valence electrons. The summed E-state index contributed by atoms with van der Waals surface area (Å²) in [4.78, 5) is 1.83. The highest BCUT2D eigenvalue weighted by Gasteiger charge is 2.22. The van der Waals surface area contributed by atoms with Crippen LogP contribution >= 0.6 is 0 Å². The minimum Gasteiger partial charge on any atom is -0.369 e. The van der Waals surface area contributed by atoms with Crippen molar-refractivity contribution in [1.29, 1.82) is 0 Å². The van der Waals surface area contributed by atoms with E-state index < -0.39 is 17.5 Å². The van der Waals surface area contributed by atoms with E-state index in [1.807, 2.05) is 4.90 Å². The van der Waals surface area contributed by atoms with Crippen molar-refractivity contribution in [2.24, 2.45) is 5.92 Å². The summed E-state index contributed by atoms with van der Waals surface area (Å²) in [5.74, 6) is -3.29. The molecule has 1 heterocycles. The average molecular weight is 286 g/mol. The summed E-state index contributed by atoms with van der Waals surface area (Å²) in [5, 5.41) is 3.47. The Bertz CT molecular complexity index is 465. The van der Waals surface area contributed by atoms with Crippen LogP contribution in [0, 0.1) is 23.4 Å². The van der Waals surface area contributed by atoms with Crippen molar-refractivity contribution >= 4 is 5.69 Å². The van der Waals surface area contributed by atoms with E-state index in [2.05, 4.69) is 19.2 Å². The van der Waals surface area contributed by atoms with Gasteiger partial charge in [0.25, 0.3) is 0 Å². The molecule has 5 heteroatoms. The van der Waals surface area contributed by atoms with Crippen LogP contribution in [0.4, 0.5) is 18.9 Å². The van der Waals surface area contributed by atoms with Gasteiger partial charge >= 0.3 is 0 Å². The SMILES string of the molecule is CCC1CCN(c2ccc(F)c(F)c2F)CC(C)CN1. The van der Waals surface area contributed by atoms with Crippen molar-refractivity contribution in [3.05, 3.63) is 29.6 Å². The molecular formula is C15H21F3N2. The second kappa shape index (κ2) is 6.48. The minimum absolute atomic E-state index is 0.160. The smallest absolute Gasteiger partial charge is 0.196 e. The molecule has 1 N–H and O–H groups in total. The van der Waals surface area contributed by atoms with Gasteiger partial charge in [-0.2, -0.15) is 0 Å². The van der Waals surface area contributed by atoms with Crippen LogP contribution in [0.3, 0.4) is 0 Å². The number of hydrogen-bond acceptors (Lipinski definition) is 2. The highest BCUT2D eigenvalue weighted by molar-refractivity contribution is 5.48. The van der Waals surface area contributed by atoms with Crippen LogP contribution in [0.5, 0.6) is 0 Å². The molecule has 1 aromatic carbocycles. The summed E-state index contributed by atoms with van der Waals surface area (Å²) in [6, 6.07) is 2.71. The van der Waals surface area contributed by atoms with Gasteiger partial charge in [0, 0.05) is 19.1 Å². The Kier molecular flexibility index (Phi) is 4.91. The molecule has 0 spiro atoms. The maximum atomic E-state index is 13.9. The Morgan fingerprint density at radius 2 is 2.00 bits per heavy atom. The molecule has 1 fully saturated rings. The Balaban J connectivity index is 2.23. The molecule has 2 atom stereocenters. The van der Waals surface area contributed by atoms with Crippen molar-refractivity contribution < 1.29 is 13.2 Å². The molecular weight excluding hydrogens is 265 g/mol. The molecule has 1 aliphatic rings. The fourth-order valence-electron chi connectivity index (χ4n) is 2.64. The van der Waals surface area contributed by atoms with E-state index in [0.29, 0.717) is 25.0 Å². The molecule has 20 heavy (non-hydrogen) atoms. The number of nitrogens with zero attached hydrogens (tertiary/aromatic N) is 1. The van der Waals surface area contributed by atoms with Crippen LogP contribution in [0.2, 0.25) is 0 Å². The van der Waals surface area contributed by atoms with Gasteiger partial charge in [0.1, 0.15) is 0 Å². The zero-order valence-corrected chi connectivity index (χ0v) is 11.9. The van der Waals surface area contributed by atoms with E-state index in [4.69, 9.17) is 0 Å². The fourth-order valence-corrected chi connectivity index (χ4v) is 2.64. The number of halogens is 3. The summed E-state index contributed by atoms with van der Waals surface area (Å²) in [6.07, 6.45) is 1.86. The number of rotatable bonds is 2. The van der Waals surface area contributed by atoms with E-state index in [1.54, 1.807) is 0 Å². The Morgan fingerprint density at radius 1 is 1.25 bits per heavy atom. The van der Waals surface area contributed by atoms with E-state index in [1.165, 1.54) is 6.07 Å². The highest BCUT2D eigenvalue weighted by Crippen LogP contribution is 2.25. The van der Waals surface area contributed by atoms with Gasteiger partial charge in [-0.1, -0.05) is 13.8 Å². The van der Waals surface area contributed by atoms with Gasteiger partial charge in [0.05, 0.1) is 5.69 Å². The number of benzene rings is 1. The summed E-state index contributed by atoms with van der Waals surface area (Å²) in [7, 11) is 0. The lowest BCUT2D eigenvalue weighted by Crippen LogP contribution is -2.43. The molecule has 1 aliphatic heterocycles. The maximum absolute atomic E-state index is 13.9. The third-order valence-corrected chi connectivity index (χ3v) is 3.88. The first kappa shape index (κ1) is 15.2. The molecule has 0 bridgehead atoms. The Morgan fingerprint density at radius 3 is 2.70 bits per heavy atom. The number of nitrogens with one attached hydrogen (secondary N) is 1. The van der Waals surface area contributed by atoms with Crippen LogP contribution < -0.4 is 10.2 Å². The molecule has 0 aliphatic carbocycles. The van der Waals surface area contributed by atoms with Crippen molar-refractivity contribution in [3.8, 4) is 0 Å². The molecule has 0 aromatic heterocycles. The van der Waals surface area contributed by atoms with E-state index in [-0.39, 0.29) is 5.69 Å². The van der Waals surface area contributed by atoms with Crippen molar-refractivity contribution in [3.63, 3.8) is 0 Å². The number of anilines is 1. The second-order valence-electron chi connectivity index (χ2n) is 5.55. The number of hydrogen-bond donors (Lipinski definition) is 1. The summed E-state index contributed by atoms with van der Waals surface area (Å²) in [5.41, 5.74) is 0.160. The largest absolute Gasteiger partial charge is 0.369 e. The van der Waals surface area contributed by atoms with Gasteiger partial charge < -0.3 is 10.2 Å². The van der Waals surface area contributed by atoms with Gasteiger partial charge in [0.15, 0.2) is 17.5 Å². The lowest BCUT2D eigenvalue weighted by Gasteiger charge is -2.33. The van der Waals surface area contributed by atoms with Gasteiger partial charge in [-0.15, -0.1) is 0 Å². The van der Waals surface area contributed by atoms with Crippen LogP contribution in [0.1, 0.15) is 26.7 Å². The van der Waals surface area contributed by atoms with Crippen molar-refractivity contribution in [1.82, 2.24) is 5.32 Å². The summed E-state index contributed by atoms with van der Waals surface area (Å²) in [6.45, 7) is 6.28. The normalized spacial score (nSPS) is 24.4. The molecule has 1 saturated heterocycles. The van der Waals surface area contributed by atoms with Gasteiger partial charge in [0.2, 0.25) is 0 Å². The van der Waals surface area contributed by atoms with Crippen molar-refractivity contribution in [2.75, 3.05) is 24.5 Å². The zero-order valence-electron chi connectivity index (χ0n) is 11.9.